The lowest BCUT2D eigenvalue weighted by molar-refractivity contribution is 1.02. The van der Waals surface area contributed by atoms with Crippen LogP contribution in [0, 0.1) is 0 Å². The molecule has 0 aliphatic rings. The Morgan fingerprint density at radius 2 is 1.88 bits per heavy atom. The van der Waals surface area contributed by atoms with E-state index < -0.39 is 7.95 Å². The number of pyridine rings is 1. The zero-order valence-corrected chi connectivity index (χ0v) is 18.8. The first-order valence-electron chi connectivity index (χ1n) is 10.1. The van der Waals surface area contributed by atoms with Crippen molar-refractivity contribution in [2.45, 2.75) is 0 Å². The molecule has 0 aliphatic heterocycles. The quantitative estimate of drug-likeness (QED) is 0.250. The van der Waals surface area contributed by atoms with E-state index in [0.29, 0.717) is 10.8 Å². The van der Waals surface area contributed by atoms with E-state index in [9.17, 15) is 0 Å². The molecule has 0 amide bonds. The van der Waals surface area contributed by atoms with Gasteiger partial charge in [0.15, 0.2) is 5.82 Å². The van der Waals surface area contributed by atoms with Gasteiger partial charge in [0.05, 0.1) is 16.1 Å². The standard InChI is InChI=1S/C24H16BClN5P/c1-32(25)31-21-10-9-14(18-13-27-12-15-5-2-3-6-16(15)18)11-17(21)22(30-31)24-28-20-8-4-7-19(26)23(20)29-24/h2-13H,1H3,(H,28,29). The van der Waals surface area contributed by atoms with E-state index in [2.05, 4.69) is 40.3 Å². The normalized spacial score (nSPS) is 12.7. The van der Waals surface area contributed by atoms with E-state index in [4.69, 9.17) is 29.2 Å². The summed E-state index contributed by atoms with van der Waals surface area (Å²) in [6.45, 7) is 1.98. The summed E-state index contributed by atoms with van der Waals surface area (Å²) >= 11 is 6.36. The highest BCUT2D eigenvalue weighted by Gasteiger charge is 2.19. The maximum Gasteiger partial charge on any atom is 0.159 e. The van der Waals surface area contributed by atoms with Gasteiger partial charge >= 0.3 is 0 Å². The zero-order chi connectivity index (χ0) is 21.8. The smallest absolute Gasteiger partial charge is 0.159 e. The molecule has 0 spiro atoms. The highest BCUT2D eigenvalue weighted by Crippen LogP contribution is 2.39. The monoisotopic (exact) mass is 451 g/mol. The molecule has 0 saturated heterocycles. The lowest BCUT2D eigenvalue weighted by atomic mass is 9.99. The molecule has 3 aromatic carbocycles. The van der Waals surface area contributed by atoms with Gasteiger partial charge in [0, 0.05) is 28.7 Å². The van der Waals surface area contributed by atoms with Crippen molar-refractivity contribution in [3.05, 3.63) is 78.1 Å². The van der Waals surface area contributed by atoms with Gasteiger partial charge < -0.3 is 4.98 Å². The van der Waals surface area contributed by atoms with Crippen LogP contribution in [0.25, 0.3) is 55.4 Å². The van der Waals surface area contributed by atoms with E-state index in [0.717, 1.165) is 49.5 Å². The summed E-state index contributed by atoms with van der Waals surface area (Å²) in [4.78, 5) is 12.6. The number of rotatable bonds is 3. The number of hydrogen-bond acceptors (Lipinski definition) is 3. The molecule has 3 heterocycles. The minimum atomic E-state index is -0.962. The zero-order valence-electron chi connectivity index (χ0n) is 17.1. The number of para-hydroxylation sites is 1. The van der Waals surface area contributed by atoms with Crippen LogP contribution in [-0.4, -0.2) is 38.7 Å². The lowest BCUT2D eigenvalue weighted by Gasteiger charge is -2.09. The van der Waals surface area contributed by atoms with Crippen molar-refractivity contribution in [2.75, 3.05) is 6.66 Å². The molecule has 5 nitrogen and oxygen atoms in total. The number of aromatic nitrogens is 5. The van der Waals surface area contributed by atoms with Crippen LogP contribution in [0.15, 0.2) is 73.1 Å². The van der Waals surface area contributed by atoms with Crippen LogP contribution in [0.1, 0.15) is 0 Å². The third kappa shape index (κ3) is 3.02. The van der Waals surface area contributed by atoms with Gasteiger partial charge in [0.2, 0.25) is 0 Å². The summed E-state index contributed by atoms with van der Waals surface area (Å²) in [5, 5.41) is 8.69. The Balaban J connectivity index is 1.62. The van der Waals surface area contributed by atoms with Gasteiger partial charge in [0.25, 0.3) is 0 Å². The molecule has 32 heavy (non-hydrogen) atoms. The predicted molar refractivity (Wildman–Crippen MR) is 135 cm³/mol. The van der Waals surface area contributed by atoms with Gasteiger partial charge in [-0.25, -0.2) is 4.98 Å². The van der Waals surface area contributed by atoms with Crippen LogP contribution in [0.3, 0.4) is 0 Å². The second kappa shape index (κ2) is 7.44. The highest BCUT2D eigenvalue weighted by atomic mass is 35.5. The molecular formula is C24H16BClN5P. The number of nitrogens with zero attached hydrogens (tertiary/aromatic N) is 4. The van der Waals surface area contributed by atoms with E-state index in [-0.39, 0.29) is 0 Å². The van der Waals surface area contributed by atoms with Crippen molar-refractivity contribution in [3.63, 3.8) is 0 Å². The lowest BCUT2D eigenvalue weighted by Crippen LogP contribution is -1.93. The number of aromatic amines is 1. The van der Waals surface area contributed by atoms with Crippen molar-refractivity contribution in [3.8, 4) is 22.6 Å². The second-order valence-corrected chi connectivity index (χ2v) is 9.61. The number of hydrogen-bond donors (Lipinski definition) is 1. The van der Waals surface area contributed by atoms with Gasteiger partial charge in [-0.15, -0.1) is 0 Å². The van der Waals surface area contributed by atoms with Gasteiger partial charge in [-0.2, -0.15) is 5.10 Å². The SMILES string of the molecule is [B]P(C)n1nc(-c2nc3c(Cl)cccc3[nH]2)c2cc(-c3cncc4ccccc34)ccc21. The summed E-state index contributed by atoms with van der Waals surface area (Å²) in [7, 11) is 5.34. The minimum absolute atomic E-state index is 0.604. The van der Waals surface area contributed by atoms with Gasteiger partial charge in [-0.1, -0.05) is 48.0 Å². The van der Waals surface area contributed by atoms with E-state index in [1.165, 1.54) is 0 Å². The van der Waals surface area contributed by atoms with Crippen LogP contribution >= 0.6 is 19.6 Å². The molecule has 6 aromatic rings. The minimum Gasteiger partial charge on any atom is -0.337 e. The first kappa shape index (κ1) is 19.5. The Labute approximate surface area is 191 Å². The molecule has 0 bridgehead atoms. The van der Waals surface area contributed by atoms with Crippen molar-refractivity contribution < 1.29 is 0 Å². The molecule has 1 atom stereocenters. The third-order valence-corrected chi connectivity index (χ3v) is 6.84. The molecule has 0 saturated carbocycles. The molecule has 1 N–H and O–H groups in total. The summed E-state index contributed by atoms with van der Waals surface area (Å²) in [5.74, 6) is 0.668. The van der Waals surface area contributed by atoms with Crippen molar-refractivity contribution >= 4 is 59.8 Å². The van der Waals surface area contributed by atoms with Crippen LogP contribution in [-0.2, 0) is 0 Å². The first-order chi connectivity index (χ1) is 15.6. The number of nitrogens with one attached hydrogen (secondary N) is 1. The highest BCUT2D eigenvalue weighted by molar-refractivity contribution is 7.80. The van der Waals surface area contributed by atoms with Crippen molar-refractivity contribution in [2.24, 2.45) is 0 Å². The van der Waals surface area contributed by atoms with Crippen molar-refractivity contribution in [1.29, 1.82) is 0 Å². The molecule has 6 rings (SSSR count). The number of benzene rings is 3. The van der Waals surface area contributed by atoms with Crippen LogP contribution in [0.4, 0.5) is 0 Å². The Bertz CT molecular complexity index is 1630. The summed E-state index contributed by atoms with van der Waals surface area (Å²) < 4.78 is 1.89. The summed E-state index contributed by atoms with van der Waals surface area (Å²) in [6, 6.07) is 20.3. The molecule has 1 unspecified atom stereocenters. The molecule has 0 aliphatic carbocycles. The van der Waals surface area contributed by atoms with Gasteiger partial charge in [-0.05, 0) is 49.8 Å². The Kier molecular flexibility index (Phi) is 4.53. The largest absolute Gasteiger partial charge is 0.337 e. The summed E-state index contributed by atoms with van der Waals surface area (Å²) in [5.41, 5.74) is 5.46. The Hall–Kier alpha value is -3.21. The van der Waals surface area contributed by atoms with Gasteiger partial charge in [-0.3, -0.25) is 9.44 Å². The van der Waals surface area contributed by atoms with Crippen LogP contribution in [0.5, 0.6) is 0 Å². The fourth-order valence-electron chi connectivity index (χ4n) is 4.14. The van der Waals surface area contributed by atoms with E-state index >= 15 is 0 Å². The topological polar surface area (TPSA) is 59.4 Å². The van der Waals surface area contributed by atoms with Crippen molar-refractivity contribution in [1.82, 2.24) is 24.5 Å². The Morgan fingerprint density at radius 1 is 1.00 bits per heavy atom. The predicted octanol–water partition coefficient (Wildman–Crippen LogP) is 6.41. The summed E-state index contributed by atoms with van der Waals surface area (Å²) in [6.07, 6.45) is 3.79. The van der Waals surface area contributed by atoms with Gasteiger partial charge in [0.1, 0.15) is 18.8 Å². The first-order valence-corrected chi connectivity index (χ1v) is 12.3. The number of H-pyrrole nitrogens is 1. The maximum absolute atomic E-state index is 6.36. The average molecular weight is 452 g/mol. The molecule has 3 aromatic heterocycles. The number of fused-ring (bicyclic) bond motifs is 3. The molecule has 8 heteroatoms. The fourth-order valence-corrected chi connectivity index (χ4v) is 5.10. The van der Waals surface area contributed by atoms with E-state index in [1.54, 1.807) is 0 Å². The Morgan fingerprint density at radius 3 is 2.72 bits per heavy atom. The molecule has 2 radical (unpaired) electrons. The average Bonchev–Trinajstić information content (AvgIpc) is 3.41. The third-order valence-electron chi connectivity index (χ3n) is 5.63. The second-order valence-electron chi connectivity index (χ2n) is 7.67. The molecule has 0 fully saturated rings. The molecular weight excluding hydrogens is 436 g/mol. The fraction of sp³-hybridized carbons (Fsp3) is 0.0417. The maximum atomic E-state index is 6.36. The number of halogens is 1. The van der Waals surface area contributed by atoms with Crippen LogP contribution in [0.2, 0.25) is 5.02 Å². The molecule has 152 valence electrons. The number of imidazole rings is 1. The van der Waals surface area contributed by atoms with E-state index in [1.807, 2.05) is 53.8 Å². The van der Waals surface area contributed by atoms with Crippen LogP contribution < -0.4 is 0 Å².